The molecule has 0 saturated carbocycles. The highest BCUT2D eigenvalue weighted by Crippen LogP contribution is 2.25. The minimum atomic E-state index is -3.48. The predicted molar refractivity (Wildman–Crippen MR) is 131 cm³/mol. The number of thiazole rings is 1. The monoisotopic (exact) mass is 490 g/mol. The van der Waals surface area contributed by atoms with E-state index in [0.717, 1.165) is 49.6 Å². The molecule has 2 fully saturated rings. The van der Waals surface area contributed by atoms with Gasteiger partial charge in [-0.3, -0.25) is 9.69 Å². The fourth-order valence-electron chi connectivity index (χ4n) is 4.23. The van der Waals surface area contributed by atoms with Gasteiger partial charge in [0.25, 0.3) is 5.91 Å². The van der Waals surface area contributed by atoms with Gasteiger partial charge in [0.2, 0.25) is 10.0 Å². The molecule has 33 heavy (non-hydrogen) atoms. The molecule has 0 unspecified atom stereocenters. The minimum Gasteiger partial charge on any atom is -0.336 e. The summed E-state index contributed by atoms with van der Waals surface area (Å²) in [5.74, 6) is -0.0409. The molecule has 1 aromatic heterocycles. The molecule has 180 valence electrons. The second-order valence-corrected chi connectivity index (χ2v) is 12.8. The lowest BCUT2D eigenvalue weighted by atomic mass is 9.93. The molecule has 2 aliphatic heterocycles. The van der Waals surface area contributed by atoms with Gasteiger partial charge in [-0.25, -0.2) is 13.4 Å². The normalized spacial score (nSPS) is 19.1. The maximum Gasteiger partial charge on any atom is 0.253 e. The van der Waals surface area contributed by atoms with Crippen LogP contribution >= 0.6 is 11.3 Å². The number of hydrogen-bond acceptors (Lipinski definition) is 6. The Morgan fingerprint density at radius 1 is 0.970 bits per heavy atom. The summed E-state index contributed by atoms with van der Waals surface area (Å²) in [6, 6.07) is 6.44. The van der Waals surface area contributed by atoms with Crippen LogP contribution in [0.1, 0.15) is 61.1 Å². The van der Waals surface area contributed by atoms with Gasteiger partial charge in [-0.15, -0.1) is 11.3 Å². The van der Waals surface area contributed by atoms with Crippen molar-refractivity contribution in [3.05, 3.63) is 45.9 Å². The van der Waals surface area contributed by atoms with Crippen molar-refractivity contribution in [2.24, 2.45) is 0 Å². The number of rotatable bonds is 5. The highest BCUT2D eigenvalue weighted by molar-refractivity contribution is 7.89. The van der Waals surface area contributed by atoms with Crippen LogP contribution in [0.2, 0.25) is 0 Å². The van der Waals surface area contributed by atoms with E-state index in [9.17, 15) is 13.2 Å². The zero-order chi connectivity index (χ0) is 23.6. The van der Waals surface area contributed by atoms with E-state index in [1.807, 2.05) is 4.90 Å². The number of carbonyl (C=O) groups excluding carboxylic acids is 1. The zero-order valence-corrected chi connectivity index (χ0v) is 21.4. The molecule has 0 aliphatic carbocycles. The van der Waals surface area contributed by atoms with E-state index in [1.54, 1.807) is 39.9 Å². The molecule has 1 amide bonds. The van der Waals surface area contributed by atoms with Crippen LogP contribution in [0.5, 0.6) is 0 Å². The van der Waals surface area contributed by atoms with E-state index < -0.39 is 10.0 Å². The van der Waals surface area contributed by atoms with Crippen molar-refractivity contribution >= 4 is 27.3 Å². The first-order chi connectivity index (χ1) is 15.6. The third kappa shape index (κ3) is 5.65. The van der Waals surface area contributed by atoms with E-state index in [4.69, 9.17) is 4.98 Å². The van der Waals surface area contributed by atoms with Crippen LogP contribution in [-0.2, 0) is 22.0 Å². The molecule has 2 aliphatic rings. The Hall–Kier alpha value is -1.81. The number of benzene rings is 1. The van der Waals surface area contributed by atoms with E-state index in [0.29, 0.717) is 31.7 Å². The number of nitrogens with zero attached hydrogens (tertiary/aromatic N) is 4. The van der Waals surface area contributed by atoms with Crippen molar-refractivity contribution in [3.8, 4) is 0 Å². The Morgan fingerprint density at radius 2 is 1.61 bits per heavy atom. The number of sulfonamides is 1. The summed E-state index contributed by atoms with van der Waals surface area (Å²) >= 11 is 1.70. The van der Waals surface area contributed by atoms with Crippen LogP contribution < -0.4 is 0 Å². The van der Waals surface area contributed by atoms with Crippen LogP contribution in [0.4, 0.5) is 0 Å². The average molecular weight is 491 g/mol. The van der Waals surface area contributed by atoms with Gasteiger partial charge in [-0.05, 0) is 37.1 Å². The molecular formula is C24H34N4O3S2. The highest BCUT2D eigenvalue weighted by atomic mass is 32.2. The van der Waals surface area contributed by atoms with Gasteiger partial charge in [0.1, 0.15) is 5.01 Å². The summed E-state index contributed by atoms with van der Waals surface area (Å²) < 4.78 is 27.2. The van der Waals surface area contributed by atoms with Gasteiger partial charge in [0, 0.05) is 55.6 Å². The first-order valence-electron chi connectivity index (χ1n) is 11.7. The summed E-state index contributed by atoms with van der Waals surface area (Å²) in [6.07, 6.45) is 2.89. The van der Waals surface area contributed by atoms with E-state index >= 15 is 0 Å². The quantitative estimate of drug-likeness (QED) is 0.641. The Kier molecular flexibility index (Phi) is 7.23. The predicted octanol–water partition coefficient (Wildman–Crippen LogP) is 3.57. The van der Waals surface area contributed by atoms with Crippen LogP contribution in [0.15, 0.2) is 34.5 Å². The number of piperidine rings is 1. The zero-order valence-electron chi connectivity index (χ0n) is 19.8. The maximum atomic E-state index is 13.0. The van der Waals surface area contributed by atoms with Gasteiger partial charge < -0.3 is 4.90 Å². The Morgan fingerprint density at radius 3 is 2.18 bits per heavy atom. The Bertz CT molecular complexity index is 1060. The molecule has 0 radical (unpaired) electrons. The van der Waals surface area contributed by atoms with Crippen LogP contribution in [0.25, 0.3) is 0 Å². The number of hydrogen-bond donors (Lipinski definition) is 0. The van der Waals surface area contributed by atoms with Crippen LogP contribution in [-0.4, -0.2) is 72.7 Å². The summed E-state index contributed by atoms with van der Waals surface area (Å²) in [5.41, 5.74) is 1.72. The van der Waals surface area contributed by atoms with Crippen LogP contribution in [0, 0.1) is 0 Å². The lowest BCUT2D eigenvalue weighted by molar-refractivity contribution is 0.0628. The number of amides is 1. The van der Waals surface area contributed by atoms with Crippen molar-refractivity contribution in [3.63, 3.8) is 0 Å². The van der Waals surface area contributed by atoms with Gasteiger partial charge in [-0.2, -0.15) is 4.31 Å². The number of carbonyl (C=O) groups is 1. The van der Waals surface area contributed by atoms with Gasteiger partial charge >= 0.3 is 0 Å². The summed E-state index contributed by atoms with van der Waals surface area (Å²) in [4.78, 5) is 22.2. The van der Waals surface area contributed by atoms with E-state index in [2.05, 4.69) is 31.1 Å². The third-order valence-corrected chi connectivity index (χ3v) is 9.14. The third-order valence-electron chi connectivity index (χ3n) is 6.39. The molecule has 0 N–H and O–H groups in total. The van der Waals surface area contributed by atoms with Crippen molar-refractivity contribution in [2.45, 2.75) is 56.9 Å². The minimum absolute atomic E-state index is 0.0409. The van der Waals surface area contributed by atoms with Crippen molar-refractivity contribution in [1.82, 2.24) is 19.1 Å². The number of piperazine rings is 1. The smallest absolute Gasteiger partial charge is 0.253 e. The molecule has 7 nitrogen and oxygen atoms in total. The van der Waals surface area contributed by atoms with Gasteiger partial charge in [-0.1, -0.05) is 27.2 Å². The Balaban J connectivity index is 1.32. The van der Waals surface area contributed by atoms with E-state index in [-0.39, 0.29) is 16.2 Å². The Labute approximate surface area is 201 Å². The van der Waals surface area contributed by atoms with E-state index in [1.165, 1.54) is 0 Å². The lowest BCUT2D eigenvalue weighted by Gasteiger charge is -2.34. The van der Waals surface area contributed by atoms with Gasteiger partial charge in [0.05, 0.1) is 17.1 Å². The van der Waals surface area contributed by atoms with Crippen molar-refractivity contribution < 1.29 is 13.2 Å². The summed E-state index contributed by atoms with van der Waals surface area (Å²) in [5, 5.41) is 3.26. The molecule has 0 bridgehead atoms. The first-order valence-corrected chi connectivity index (χ1v) is 14.0. The lowest BCUT2D eigenvalue weighted by Crippen LogP contribution is -2.48. The highest BCUT2D eigenvalue weighted by Gasteiger charge is 2.27. The molecule has 0 spiro atoms. The number of aromatic nitrogens is 1. The molecule has 3 heterocycles. The van der Waals surface area contributed by atoms with Crippen molar-refractivity contribution in [2.75, 3.05) is 39.3 Å². The molecule has 2 aromatic rings. The van der Waals surface area contributed by atoms with Crippen LogP contribution in [0.3, 0.4) is 0 Å². The standard InChI is InChI=1S/C24H34N4O3S2/c1-24(2,3)21-18-32-22(25-21)17-26-13-15-27(16-14-26)23(29)19-7-9-20(10-8-19)33(30,31)28-11-5-4-6-12-28/h7-10,18H,4-6,11-17H2,1-3H3. The topological polar surface area (TPSA) is 73.8 Å². The average Bonchev–Trinajstić information content (AvgIpc) is 3.29. The fraction of sp³-hybridized carbons (Fsp3) is 0.583. The SMILES string of the molecule is CC(C)(C)c1csc(CN2CCN(C(=O)c3ccc(S(=O)(=O)N4CCCCC4)cc3)CC2)n1. The second-order valence-electron chi connectivity index (χ2n) is 9.93. The van der Waals surface area contributed by atoms with Crippen molar-refractivity contribution in [1.29, 1.82) is 0 Å². The molecule has 1 aromatic carbocycles. The first kappa shape index (κ1) is 24.3. The largest absolute Gasteiger partial charge is 0.336 e. The molecule has 9 heteroatoms. The molecule has 4 rings (SSSR count). The summed E-state index contributed by atoms with van der Waals surface area (Å²) in [7, 11) is -3.48. The maximum absolute atomic E-state index is 13.0. The fourth-order valence-corrected chi connectivity index (χ4v) is 6.81. The molecule has 0 atom stereocenters. The summed E-state index contributed by atoms with van der Waals surface area (Å²) in [6.45, 7) is 11.4. The molecule has 2 saturated heterocycles. The molecular weight excluding hydrogens is 456 g/mol. The van der Waals surface area contributed by atoms with Gasteiger partial charge in [0.15, 0.2) is 0 Å². The second kappa shape index (κ2) is 9.82.